The summed E-state index contributed by atoms with van der Waals surface area (Å²) in [7, 11) is 1.50. The molecular weight excluding hydrogens is 240 g/mol. The van der Waals surface area contributed by atoms with Crippen molar-refractivity contribution in [2.75, 3.05) is 13.7 Å². The van der Waals surface area contributed by atoms with Gasteiger partial charge in [0.2, 0.25) is 5.91 Å². The lowest BCUT2D eigenvalue weighted by atomic mass is 9.89. The molecular formula is C11H20N2O5. The SMILES string of the molecule is COCC(C)NC(=O)NC(=O)CC(C)(C)C(=O)O. The number of urea groups is 1. The first-order chi connectivity index (χ1) is 8.19. The van der Waals surface area contributed by atoms with Crippen LogP contribution in [0.25, 0.3) is 0 Å². The van der Waals surface area contributed by atoms with Crippen LogP contribution in [0.1, 0.15) is 27.2 Å². The van der Waals surface area contributed by atoms with E-state index in [0.29, 0.717) is 6.61 Å². The van der Waals surface area contributed by atoms with E-state index in [1.807, 2.05) is 0 Å². The molecule has 0 radical (unpaired) electrons. The summed E-state index contributed by atoms with van der Waals surface area (Å²) in [5, 5.41) is 13.4. The molecule has 0 bridgehead atoms. The average molecular weight is 260 g/mol. The van der Waals surface area contributed by atoms with Gasteiger partial charge in [0.1, 0.15) is 0 Å². The summed E-state index contributed by atoms with van der Waals surface area (Å²) in [6.45, 7) is 4.87. The summed E-state index contributed by atoms with van der Waals surface area (Å²) < 4.78 is 4.82. The first-order valence-electron chi connectivity index (χ1n) is 5.51. The molecule has 1 atom stereocenters. The number of carbonyl (C=O) groups excluding carboxylic acids is 2. The minimum atomic E-state index is -1.21. The highest BCUT2D eigenvalue weighted by Crippen LogP contribution is 2.19. The second kappa shape index (κ2) is 6.95. The highest BCUT2D eigenvalue weighted by Gasteiger charge is 2.30. The van der Waals surface area contributed by atoms with Crippen molar-refractivity contribution in [3.63, 3.8) is 0 Å². The van der Waals surface area contributed by atoms with Crippen molar-refractivity contribution in [3.05, 3.63) is 0 Å². The lowest BCUT2D eigenvalue weighted by Crippen LogP contribution is -2.46. The van der Waals surface area contributed by atoms with Crippen LogP contribution in [0, 0.1) is 5.41 Å². The lowest BCUT2D eigenvalue weighted by molar-refractivity contribution is -0.149. The summed E-state index contributed by atoms with van der Waals surface area (Å²) in [6, 6.07) is -0.902. The van der Waals surface area contributed by atoms with Crippen LogP contribution >= 0.6 is 0 Å². The molecule has 0 rings (SSSR count). The van der Waals surface area contributed by atoms with Crippen molar-refractivity contribution < 1.29 is 24.2 Å². The van der Waals surface area contributed by atoms with E-state index in [4.69, 9.17) is 9.84 Å². The second-order valence-electron chi connectivity index (χ2n) is 4.74. The fraction of sp³-hybridized carbons (Fsp3) is 0.727. The van der Waals surface area contributed by atoms with Gasteiger partial charge in [0.25, 0.3) is 0 Å². The number of amides is 3. The van der Waals surface area contributed by atoms with E-state index < -0.39 is 23.3 Å². The zero-order valence-electron chi connectivity index (χ0n) is 11.1. The summed E-state index contributed by atoms with van der Waals surface area (Å²) in [5.74, 6) is -1.73. The van der Waals surface area contributed by atoms with Gasteiger partial charge in [-0.15, -0.1) is 0 Å². The maximum absolute atomic E-state index is 11.4. The topological polar surface area (TPSA) is 105 Å². The van der Waals surface area contributed by atoms with Crippen LogP contribution in [0.4, 0.5) is 4.79 Å². The molecule has 3 amide bonds. The standard InChI is InChI=1S/C11H20N2O5/c1-7(6-18-4)12-10(17)13-8(14)5-11(2,3)9(15)16/h7H,5-6H2,1-4H3,(H,15,16)(H2,12,13,14,17). The average Bonchev–Trinajstić information content (AvgIpc) is 2.15. The Morgan fingerprint density at radius 2 is 1.89 bits per heavy atom. The number of carboxylic acids is 1. The van der Waals surface area contributed by atoms with E-state index in [1.165, 1.54) is 21.0 Å². The highest BCUT2D eigenvalue weighted by molar-refractivity contribution is 5.96. The molecule has 0 fully saturated rings. The van der Waals surface area contributed by atoms with E-state index in [9.17, 15) is 14.4 Å². The van der Waals surface area contributed by atoms with Gasteiger partial charge in [0, 0.05) is 13.5 Å². The Bertz CT molecular complexity index is 327. The maximum Gasteiger partial charge on any atom is 0.321 e. The Labute approximate surface area is 106 Å². The zero-order valence-corrected chi connectivity index (χ0v) is 11.1. The van der Waals surface area contributed by atoms with Crippen molar-refractivity contribution in [3.8, 4) is 0 Å². The Morgan fingerprint density at radius 1 is 1.33 bits per heavy atom. The molecule has 0 saturated heterocycles. The number of imide groups is 1. The van der Waals surface area contributed by atoms with Gasteiger partial charge >= 0.3 is 12.0 Å². The van der Waals surface area contributed by atoms with E-state index in [-0.39, 0.29) is 12.5 Å². The van der Waals surface area contributed by atoms with E-state index in [0.717, 1.165) is 0 Å². The summed E-state index contributed by atoms with van der Waals surface area (Å²) in [5.41, 5.74) is -1.21. The van der Waals surface area contributed by atoms with Crippen LogP contribution in [0.2, 0.25) is 0 Å². The van der Waals surface area contributed by atoms with Crippen LogP contribution < -0.4 is 10.6 Å². The predicted molar refractivity (Wildman–Crippen MR) is 64.0 cm³/mol. The first-order valence-corrected chi connectivity index (χ1v) is 5.51. The fourth-order valence-corrected chi connectivity index (χ4v) is 1.20. The molecule has 0 heterocycles. The summed E-state index contributed by atoms with van der Waals surface area (Å²) in [6.07, 6.45) is -0.269. The van der Waals surface area contributed by atoms with Gasteiger partial charge in [-0.3, -0.25) is 14.9 Å². The molecule has 3 N–H and O–H groups in total. The molecule has 7 heteroatoms. The maximum atomic E-state index is 11.4. The predicted octanol–water partition coefficient (Wildman–Crippen LogP) is 0.348. The smallest absolute Gasteiger partial charge is 0.321 e. The van der Waals surface area contributed by atoms with Crippen molar-refractivity contribution in [2.45, 2.75) is 33.2 Å². The third kappa shape index (κ3) is 6.19. The molecule has 0 aromatic heterocycles. The quantitative estimate of drug-likeness (QED) is 0.639. The molecule has 104 valence electrons. The molecule has 0 aliphatic carbocycles. The number of hydrogen-bond donors (Lipinski definition) is 3. The molecule has 18 heavy (non-hydrogen) atoms. The number of nitrogens with one attached hydrogen (secondary N) is 2. The van der Waals surface area contributed by atoms with Crippen LogP contribution in [-0.4, -0.2) is 42.8 Å². The molecule has 0 aromatic carbocycles. The summed E-state index contributed by atoms with van der Waals surface area (Å²) >= 11 is 0. The van der Waals surface area contributed by atoms with Crippen molar-refractivity contribution >= 4 is 17.9 Å². The monoisotopic (exact) mass is 260 g/mol. The number of rotatable bonds is 6. The minimum Gasteiger partial charge on any atom is -0.481 e. The molecule has 0 saturated carbocycles. The van der Waals surface area contributed by atoms with Gasteiger partial charge in [-0.05, 0) is 20.8 Å². The van der Waals surface area contributed by atoms with Crippen molar-refractivity contribution in [1.82, 2.24) is 10.6 Å². The molecule has 1 unspecified atom stereocenters. The van der Waals surface area contributed by atoms with E-state index >= 15 is 0 Å². The van der Waals surface area contributed by atoms with Crippen LogP contribution in [0.15, 0.2) is 0 Å². The highest BCUT2D eigenvalue weighted by atomic mass is 16.5. The third-order valence-electron chi connectivity index (χ3n) is 2.23. The van der Waals surface area contributed by atoms with Crippen LogP contribution in [0.3, 0.4) is 0 Å². The Hall–Kier alpha value is -1.63. The Balaban J connectivity index is 4.17. The first kappa shape index (κ1) is 16.4. The van der Waals surface area contributed by atoms with Crippen molar-refractivity contribution in [1.29, 1.82) is 0 Å². The lowest BCUT2D eigenvalue weighted by Gasteiger charge is -2.18. The van der Waals surface area contributed by atoms with Gasteiger partial charge in [0.05, 0.1) is 18.1 Å². The summed E-state index contributed by atoms with van der Waals surface area (Å²) in [4.78, 5) is 33.6. The van der Waals surface area contributed by atoms with E-state index in [1.54, 1.807) is 6.92 Å². The van der Waals surface area contributed by atoms with Gasteiger partial charge < -0.3 is 15.2 Å². The number of hydrogen-bond acceptors (Lipinski definition) is 4. The number of carboxylic acid groups (broad SMARTS) is 1. The van der Waals surface area contributed by atoms with Gasteiger partial charge in [-0.2, -0.15) is 0 Å². The number of aliphatic carboxylic acids is 1. The van der Waals surface area contributed by atoms with E-state index in [2.05, 4.69) is 10.6 Å². The van der Waals surface area contributed by atoms with Crippen LogP contribution in [-0.2, 0) is 14.3 Å². The number of ether oxygens (including phenoxy) is 1. The Kier molecular flexibility index (Phi) is 6.32. The van der Waals surface area contributed by atoms with Gasteiger partial charge in [-0.1, -0.05) is 0 Å². The largest absolute Gasteiger partial charge is 0.481 e. The molecule has 0 aliphatic heterocycles. The fourth-order valence-electron chi connectivity index (χ4n) is 1.20. The van der Waals surface area contributed by atoms with Gasteiger partial charge in [0.15, 0.2) is 0 Å². The van der Waals surface area contributed by atoms with Crippen molar-refractivity contribution in [2.24, 2.45) is 5.41 Å². The van der Waals surface area contributed by atoms with Crippen LogP contribution in [0.5, 0.6) is 0 Å². The molecule has 0 spiro atoms. The normalized spacial score (nSPS) is 12.7. The number of methoxy groups -OCH3 is 1. The minimum absolute atomic E-state index is 0.240. The van der Waals surface area contributed by atoms with Gasteiger partial charge in [-0.25, -0.2) is 4.79 Å². The molecule has 0 aromatic rings. The zero-order chi connectivity index (χ0) is 14.3. The Morgan fingerprint density at radius 3 is 2.33 bits per heavy atom. The molecule has 0 aliphatic rings. The molecule has 7 nitrogen and oxygen atoms in total. The second-order valence-corrected chi connectivity index (χ2v) is 4.74. The third-order valence-corrected chi connectivity index (χ3v) is 2.23. The number of carbonyl (C=O) groups is 3.